The van der Waals surface area contributed by atoms with Crippen LogP contribution in [0.4, 0.5) is 0 Å². The standard InChI is InChI=1S/3C7H10N.Ti/c3*1-8(2)7-5-3-4-6-7;/h3*3-6H,1-2H3;. The molecule has 0 saturated heterocycles. The van der Waals surface area contributed by atoms with Gasteiger partial charge in [0.25, 0.3) is 0 Å². The van der Waals surface area contributed by atoms with Crippen molar-refractivity contribution >= 4 is 0 Å². The van der Waals surface area contributed by atoms with Crippen molar-refractivity contribution in [3.05, 3.63) is 72.9 Å². The molecule has 3 aliphatic rings. The molecule has 0 aromatic heterocycles. The first kappa shape index (κ1) is 18.8. The van der Waals surface area contributed by atoms with E-state index in [1.807, 2.05) is 0 Å². The van der Waals surface area contributed by atoms with Gasteiger partial charge in [0.05, 0.1) is 0 Å². The van der Waals surface area contributed by atoms with Gasteiger partial charge in [0, 0.05) is 0 Å². The van der Waals surface area contributed by atoms with E-state index in [2.05, 4.69) is 130 Å². The molecule has 0 aliphatic heterocycles. The molecule has 25 heavy (non-hydrogen) atoms. The summed E-state index contributed by atoms with van der Waals surface area (Å²) in [5.74, 6) is 0. The number of nitrogens with zero attached hydrogens (tertiary/aromatic N) is 3. The third kappa shape index (κ3) is 2.65. The average molecular weight is 372 g/mol. The van der Waals surface area contributed by atoms with E-state index in [1.54, 1.807) is 0 Å². The van der Waals surface area contributed by atoms with E-state index in [0.29, 0.717) is 0 Å². The van der Waals surface area contributed by atoms with Crippen LogP contribution in [0.3, 0.4) is 0 Å². The Labute approximate surface area is 159 Å². The Morgan fingerprint density at radius 3 is 0.800 bits per heavy atom. The monoisotopic (exact) mass is 372 g/mol. The number of allylic oxidation sites excluding steroid dienone is 6. The zero-order valence-corrected chi connectivity index (χ0v) is 17.8. The Bertz CT molecular complexity index is 561. The molecule has 0 bridgehead atoms. The van der Waals surface area contributed by atoms with Crippen LogP contribution < -0.4 is 0 Å². The summed E-state index contributed by atoms with van der Waals surface area (Å²) < 4.78 is -0.0638. The van der Waals surface area contributed by atoms with Crippen LogP contribution >= 0.6 is 0 Å². The summed E-state index contributed by atoms with van der Waals surface area (Å²) in [4.78, 5) is 7.29. The van der Waals surface area contributed by atoms with Crippen LogP contribution in [-0.2, 0) is 17.9 Å². The molecule has 0 heterocycles. The van der Waals surface area contributed by atoms with Crippen LogP contribution in [0.25, 0.3) is 0 Å². The van der Waals surface area contributed by atoms with Crippen molar-refractivity contribution in [2.45, 2.75) is 11.5 Å². The molecule has 0 unspecified atom stereocenters. The van der Waals surface area contributed by atoms with Crippen molar-refractivity contribution in [3.8, 4) is 0 Å². The molecule has 0 saturated carbocycles. The maximum atomic E-state index is 2.43. The van der Waals surface area contributed by atoms with Gasteiger partial charge in [-0.3, -0.25) is 0 Å². The van der Waals surface area contributed by atoms with Crippen LogP contribution in [0.5, 0.6) is 0 Å². The number of hydrogen-bond donors (Lipinski definition) is 0. The van der Waals surface area contributed by atoms with Crippen LogP contribution in [-0.4, -0.2) is 68.5 Å². The Morgan fingerprint density at radius 2 is 0.640 bits per heavy atom. The molecule has 0 N–H and O–H groups in total. The van der Waals surface area contributed by atoms with E-state index in [9.17, 15) is 0 Å². The first-order chi connectivity index (χ1) is 11.8. The molecule has 0 amide bonds. The summed E-state index contributed by atoms with van der Waals surface area (Å²) in [6, 6.07) is 0. The molecule has 0 fully saturated rings. The molecule has 3 aliphatic carbocycles. The van der Waals surface area contributed by atoms with Gasteiger partial charge in [-0.25, -0.2) is 0 Å². The second-order valence-corrected chi connectivity index (χ2v) is 12.6. The van der Waals surface area contributed by atoms with E-state index >= 15 is 0 Å². The molecular formula is C21H30N3Ti. The fourth-order valence-electron chi connectivity index (χ4n) is 4.41. The van der Waals surface area contributed by atoms with E-state index in [-0.39, 0.29) is 11.5 Å². The molecule has 3 rings (SSSR count). The van der Waals surface area contributed by atoms with Gasteiger partial charge in [-0.2, -0.15) is 0 Å². The minimum absolute atomic E-state index is 0.0212. The third-order valence-electron chi connectivity index (χ3n) is 5.86. The summed E-state index contributed by atoms with van der Waals surface area (Å²) in [6.45, 7) is 0. The van der Waals surface area contributed by atoms with Crippen LogP contribution in [0.1, 0.15) is 0 Å². The molecule has 133 valence electrons. The Balaban J connectivity index is 2.31. The maximum absolute atomic E-state index is 2.43. The fraction of sp³-hybridized carbons (Fsp3) is 0.429. The summed E-state index contributed by atoms with van der Waals surface area (Å²) in [5, 5.41) is 0. The van der Waals surface area contributed by atoms with Crippen molar-refractivity contribution in [1.29, 1.82) is 0 Å². The second-order valence-electron chi connectivity index (χ2n) is 7.69. The van der Waals surface area contributed by atoms with E-state index in [1.165, 1.54) is 0 Å². The number of hydrogen-bond acceptors (Lipinski definition) is 3. The third-order valence-corrected chi connectivity index (χ3v) is 13.3. The summed E-state index contributed by atoms with van der Waals surface area (Å²) in [7, 11) is 13.4. The number of rotatable bonds is 6. The van der Waals surface area contributed by atoms with Gasteiger partial charge in [-0.1, -0.05) is 0 Å². The molecule has 0 spiro atoms. The average Bonchev–Trinajstić information content (AvgIpc) is 3.30. The van der Waals surface area contributed by atoms with E-state index in [4.69, 9.17) is 0 Å². The molecule has 0 aromatic rings. The molecule has 0 radical (unpaired) electrons. The fourth-order valence-corrected chi connectivity index (χ4v) is 12.0. The van der Waals surface area contributed by atoms with Crippen molar-refractivity contribution < 1.29 is 17.9 Å². The first-order valence-electron chi connectivity index (χ1n) is 8.84. The van der Waals surface area contributed by atoms with Crippen LogP contribution in [0.2, 0.25) is 0 Å². The number of likely N-dealkylation sites (N-methyl/N-ethyl adjacent to an activating group) is 3. The van der Waals surface area contributed by atoms with Gasteiger partial charge >= 0.3 is 159 Å². The topological polar surface area (TPSA) is 9.72 Å². The SMILES string of the molecule is CN(C)[C]1([Ti]([C]2(N(C)C)C=CC=C2)[C]2(N(C)C)C=CC=C2)C=CC=C1. The van der Waals surface area contributed by atoms with Gasteiger partial charge in [0.15, 0.2) is 0 Å². The predicted octanol–water partition coefficient (Wildman–Crippen LogP) is 2.76. The molecular weight excluding hydrogens is 342 g/mol. The van der Waals surface area contributed by atoms with E-state index in [0.717, 1.165) is 0 Å². The van der Waals surface area contributed by atoms with Gasteiger partial charge in [0.2, 0.25) is 0 Å². The second kappa shape index (κ2) is 6.64. The summed E-state index contributed by atoms with van der Waals surface area (Å²) in [6.07, 6.45) is 27.9. The summed E-state index contributed by atoms with van der Waals surface area (Å²) in [5.41, 5.74) is 0. The Kier molecular flexibility index (Phi) is 5.00. The van der Waals surface area contributed by atoms with Gasteiger partial charge < -0.3 is 0 Å². The van der Waals surface area contributed by atoms with Gasteiger partial charge in [-0.15, -0.1) is 0 Å². The Morgan fingerprint density at radius 1 is 0.440 bits per heavy atom. The zero-order valence-electron chi connectivity index (χ0n) is 16.3. The van der Waals surface area contributed by atoms with Gasteiger partial charge in [-0.05, 0) is 0 Å². The molecule has 0 aromatic carbocycles. The van der Waals surface area contributed by atoms with Crippen LogP contribution in [0.15, 0.2) is 72.9 Å². The summed E-state index contributed by atoms with van der Waals surface area (Å²) >= 11 is -2.10. The molecule has 0 atom stereocenters. The normalized spacial score (nSPS) is 23.9. The Hall–Kier alpha value is -0.966. The van der Waals surface area contributed by atoms with Gasteiger partial charge in [0.1, 0.15) is 0 Å². The minimum atomic E-state index is -2.10. The first-order valence-corrected chi connectivity index (χ1v) is 11.2. The van der Waals surface area contributed by atoms with Crippen molar-refractivity contribution in [1.82, 2.24) is 14.7 Å². The predicted molar refractivity (Wildman–Crippen MR) is 104 cm³/mol. The zero-order chi connectivity index (χ0) is 18.3. The molecule has 4 heteroatoms. The van der Waals surface area contributed by atoms with E-state index < -0.39 is 17.9 Å². The van der Waals surface area contributed by atoms with Crippen molar-refractivity contribution in [2.75, 3.05) is 42.3 Å². The van der Waals surface area contributed by atoms with Crippen molar-refractivity contribution in [2.24, 2.45) is 0 Å². The van der Waals surface area contributed by atoms with Crippen LogP contribution in [0, 0.1) is 0 Å². The van der Waals surface area contributed by atoms with Crippen molar-refractivity contribution in [3.63, 3.8) is 0 Å². The quantitative estimate of drug-likeness (QED) is 0.664. The molecule has 3 nitrogen and oxygen atoms in total.